The van der Waals surface area contributed by atoms with Crippen LogP contribution in [0.1, 0.15) is 5.56 Å². The third-order valence-electron chi connectivity index (χ3n) is 2.99. The molecule has 0 aliphatic carbocycles. The molecule has 3 rings (SSSR count). The van der Waals surface area contributed by atoms with E-state index in [9.17, 15) is 5.11 Å². The van der Waals surface area contributed by atoms with Crippen molar-refractivity contribution in [3.05, 3.63) is 58.4 Å². The molecule has 0 amide bonds. The third kappa shape index (κ3) is 2.53. The van der Waals surface area contributed by atoms with Crippen LogP contribution >= 0.6 is 22.9 Å². The summed E-state index contributed by atoms with van der Waals surface area (Å²) in [6.07, 6.45) is 0. The number of hydrogen-bond acceptors (Lipinski definition) is 3. The molecule has 3 aromatic rings. The van der Waals surface area contributed by atoms with Gasteiger partial charge in [-0.1, -0.05) is 23.7 Å². The molecule has 0 fully saturated rings. The van der Waals surface area contributed by atoms with E-state index in [-0.39, 0.29) is 5.75 Å². The lowest BCUT2D eigenvalue weighted by molar-refractivity contribution is 0.475. The molecule has 0 saturated carbocycles. The van der Waals surface area contributed by atoms with Crippen molar-refractivity contribution in [1.82, 2.24) is 0 Å². The Balaban J connectivity index is 1.82. The fraction of sp³-hybridized carbons (Fsp3) is 0.0667. The van der Waals surface area contributed by atoms with Crippen LogP contribution in [0.2, 0.25) is 5.02 Å². The van der Waals surface area contributed by atoms with E-state index in [1.165, 1.54) is 10.1 Å². The first kappa shape index (κ1) is 12.3. The minimum absolute atomic E-state index is 0.116. The summed E-state index contributed by atoms with van der Waals surface area (Å²) >= 11 is 7.63. The number of phenols is 1. The second kappa shape index (κ2) is 5.11. The molecule has 0 radical (unpaired) electrons. The van der Waals surface area contributed by atoms with Crippen molar-refractivity contribution >= 4 is 38.7 Å². The van der Waals surface area contributed by atoms with Crippen LogP contribution in [-0.2, 0) is 6.54 Å². The molecule has 0 spiro atoms. The molecule has 0 aliphatic heterocycles. The Morgan fingerprint density at radius 2 is 2.05 bits per heavy atom. The van der Waals surface area contributed by atoms with Crippen LogP contribution in [0.25, 0.3) is 10.1 Å². The number of benzene rings is 2. The van der Waals surface area contributed by atoms with Crippen molar-refractivity contribution in [3.8, 4) is 5.75 Å². The number of hydrogen-bond donors (Lipinski definition) is 2. The van der Waals surface area contributed by atoms with Crippen LogP contribution in [0.4, 0.5) is 5.69 Å². The zero-order valence-electron chi connectivity index (χ0n) is 10.1. The highest BCUT2D eigenvalue weighted by Crippen LogP contribution is 2.29. The fourth-order valence-corrected chi connectivity index (χ4v) is 3.02. The maximum atomic E-state index is 9.39. The molecule has 96 valence electrons. The van der Waals surface area contributed by atoms with Gasteiger partial charge in [-0.25, -0.2) is 0 Å². The van der Waals surface area contributed by atoms with Gasteiger partial charge in [0.1, 0.15) is 5.75 Å². The zero-order valence-corrected chi connectivity index (χ0v) is 11.6. The Hall–Kier alpha value is -1.71. The van der Waals surface area contributed by atoms with Gasteiger partial charge in [-0.2, -0.15) is 0 Å². The summed E-state index contributed by atoms with van der Waals surface area (Å²) in [5.74, 6) is 0.116. The van der Waals surface area contributed by atoms with Gasteiger partial charge in [-0.3, -0.25) is 0 Å². The van der Waals surface area contributed by atoms with E-state index >= 15 is 0 Å². The lowest BCUT2D eigenvalue weighted by atomic mass is 10.2. The van der Waals surface area contributed by atoms with Crippen molar-refractivity contribution in [1.29, 1.82) is 0 Å². The van der Waals surface area contributed by atoms with Gasteiger partial charge < -0.3 is 10.4 Å². The molecular weight excluding hydrogens is 278 g/mol. The molecule has 0 atom stereocenters. The van der Waals surface area contributed by atoms with E-state index in [0.29, 0.717) is 11.6 Å². The quantitative estimate of drug-likeness (QED) is 0.721. The van der Waals surface area contributed by atoms with Gasteiger partial charge in [0.2, 0.25) is 0 Å². The topological polar surface area (TPSA) is 32.3 Å². The molecule has 0 aliphatic rings. The number of fused-ring (bicyclic) bond motifs is 1. The Morgan fingerprint density at radius 1 is 1.16 bits per heavy atom. The number of thiophene rings is 1. The molecule has 1 aromatic heterocycles. The van der Waals surface area contributed by atoms with Crippen LogP contribution in [0.3, 0.4) is 0 Å². The van der Waals surface area contributed by atoms with E-state index in [2.05, 4.69) is 28.9 Å². The molecule has 1 heterocycles. The zero-order chi connectivity index (χ0) is 13.2. The first-order chi connectivity index (χ1) is 9.24. The molecular formula is C15H12ClNOS. The van der Waals surface area contributed by atoms with Crippen molar-refractivity contribution in [3.63, 3.8) is 0 Å². The predicted molar refractivity (Wildman–Crippen MR) is 82.3 cm³/mol. The smallest absolute Gasteiger partial charge is 0.134 e. The Kier molecular flexibility index (Phi) is 3.32. The van der Waals surface area contributed by atoms with Crippen LogP contribution in [0.5, 0.6) is 5.75 Å². The Morgan fingerprint density at radius 3 is 2.89 bits per heavy atom. The van der Waals surface area contributed by atoms with Crippen molar-refractivity contribution in [2.75, 3.05) is 5.32 Å². The summed E-state index contributed by atoms with van der Waals surface area (Å²) in [5, 5.41) is 16.5. The number of phenolic OH excluding ortho intramolecular Hbond substituents is 1. The maximum absolute atomic E-state index is 9.39. The number of anilines is 1. The lowest BCUT2D eigenvalue weighted by Crippen LogP contribution is -1.99. The molecule has 19 heavy (non-hydrogen) atoms. The van der Waals surface area contributed by atoms with Crippen molar-refractivity contribution < 1.29 is 5.11 Å². The lowest BCUT2D eigenvalue weighted by Gasteiger charge is -2.08. The minimum atomic E-state index is 0.116. The monoisotopic (exact) mass is 289 g/mol. The van der Waals surface area contributed by atoms with E-state index in [4.69, 9.17) is 11.6 Å². The van der Waals surface area contributed by atoms with E-state index < -0.39 is 0 Å². The largest absolute Gasteiger partial charge is 0.506 e. The highest BCUT2D eigenvalue weighted by atomic mass is 35.5. The molecule has 2 aromatic carbocycles. The first-order valence-corrected chi connectivity index (χ1v) is 7.17. The molecule has 2 N–H and O–H groups in total. The van der Waals surface area contributed by atoms with Crippen LogP contribution in [0.15, 0.2) is 47.8 Å². The average molecular weight is 290 g/mol. The van der Waals surface area contributed by atoms with Gasteiger partial charge in [0.15, 0.2) is 0 Å². The van der Waals surface area contributed by atoms with Crippen LogP contribution in [-0.4, -0.2) is 5.11 Å². The third-order valence-corrected chi connectivity index (χ3v) is 4.18. The number of nitrogens with one attached hydrogen (secondary N) is 1. The van der Waals surface area contributed by atoms with E-state index in [1.807, 2.05) is 12.1 Å². The predicted octanol–water partition coefficient (Wildman–Crippen LogP) is 4.87. The highest BCUT2D eigenvalue weighted by Gasteiger charge is 2.03. The Labute approximate surface area is 120 Å². The van der Waals surface area contributed by atoms with Gasteiger partial charge in [0.25, 0.3) is 0 Å². The van der Waals surface area contributed by atoms with Crippen molar-refractivity contribution in [2.24, 2.45) is 0 Å². The number of aromatic hydroxyl groups is 1. The average Bonchev–Trinajstić information content (AvgIpc) is 2.89. The summed E-state index contributed by atoms with van der Waals surface area (Å²) in [5.41, 5.74) is 2.15. The second-order valence-electron chi connectivity index (χ2n) is 4.28. The van der Waals surface area contributed by atoms with E-state index in [1.54, 1.807) is 23.5 Å². The molecule has 4 heteroatoms. The minimum Gasteiger partial charge on any atom is -0.506 e. The molecule has 0 saturated heterocycles. The summed E-state index contributed by atoms with van der Waals surface area (Å²) in [6.45, 7) is 0.676. The van der Waals surface area contributed by atoms with Gasteiger partial charge >= 0.3 is 0 Å². The standard InChI is InChI=1S/C15H12ClNOS/c16-12-8-10(4-5-14(12)18)9-17-13-2-1-3-15-11(13)6-7-19-15/h1-8,17-18H,9H2. The molecule has 0 bridgehead atoms. The first-order valence-electron chi connectivity index (χ1n) is 5.91. The fourth-order valence-electron chi connectivity index (χ4n) is 2.01. The van der Waals surface area contributed by atoms with Gasteiger partial charge in [0.05, 0.1) is 5.02 Å². The van der Waals surface area contributed by atoms with Gasteiger partial charge in [0, 0.05) is 22.3 Å². The normalized spacial score (nSPS) is 10.8. The highest BCUT2D eigenvalue weighted by molar-refractivity contribution is 7.17. The maximum Gasteiger partial charge on any atom is 0.134 e. The second-order valence-corrected chi connectivity index (χ2v) is 5.63. The van der Waals surface area contributed by atoms with Gasteiger partial charge in [-0.15, -0.1) is 11.3 Å². The number of halogens is 1. The SMILES string of the molecule is Oc1ccc(CNc2cccc3sccc23)cc1Cl. The molecule has 2 nitrogen and oxygen atoms in total. The summed E-state index contributed by atoms with van der Waals surface area (Å²) in [4.78, 5) is 0. The summed E-state index contributed by atoms with van der Waals surface area (Å²) < 4.78 is 1.27. The van der Waals surface area contributed by atoms with E-state index in [0.717, 1.165) is 11.3 Å². The summed E-state index contributed by atoms with van der Waals surface area (Å²) in [6, 6.07) is 13.6. The van der Waals surface area contributed by atoms with Crippen LogP contribution < -0.4 is 5.32 Å². The number of rotatable bonds is 3. The molecule has 0 unspecified atom stereocenters. The Bertz CT molecular complexity index is 723. The van der Waals surface area contributed by atoms with Crippen molar-refractivity contribution in [2.45, 2.75) is 6.54 Å². The summed E-state index contributed by atoms with van der Waals surface area (Å²) in [7, 11) is 0. The van der Waals surface area contributed by atoms with Gasteiger partial charge in [-0.05, 0) is 41.3 Å². The van der Waals surface area contributed by atoms with Crippen LogP contribution in [0, 0.1) is 0 Å².